The van der Waals surface area contributed by atoms with Crippen LogP contribution in [0.3, 0.4) is 0 Å². The molecule has 2 aromatic rings. The number of hydrogen-bond donors (Lipinski definition) is 3. The molecule has 0 aliphatic carbocycles. The Labute approximate surface area is 119 Å². The van der Waals surface area contributed by atoms with Crippen molar-refractivity contribution in [1.29, 1.82) is 0 Å². The molecule has 20 heavy (non-hydrogen) atoms. The van der Waals surface area contributed by atoms with Crippen molar-refractivity contribution in [2.24, 2.45) is 0 Å². The third kappa shape index (κ3) is 3.52. The molecular formula is C12H12AsNO5S. The van der Waals surface area contributed by atoms with Crippen molar-refractivity contribution in [1.82, 2.24) is 0 Å². The van der Waals surface area contributed by atoms with Crippen molar-refractivity contribution >= 4 is 34.2 Å². The van der Waals surface area contributed by atoms with Gasteiger partial charge in [-0.2, -0.15) is 0 Å². The molecule has 0 spiro atoms. The summed E-state index contributed by atoms with van der Waals surface area (Å²) >= 11 is -4.94. The van der Waals surface area contributed by atoms with E-state index in [0.29, 0.717) is 0 Å². The van der Waals surface area contributed by atoms with E-state index < -0.39 is 24.2 Å². The van der Waals surface area contributed by atoms with Crippen LogP contribution in [0.15, 0.2) is 59.5 Å². The third-order valence-corrected chi connectivity index (χ3v) is 5.94. The summed E-state index contributed by atoms with van der Waals surface area (Å²) in [5.41, 5.74) is 0.238. The van der Waals surface area contributed by atoms with Crippen LogP contribution in [0.4, 0.5) is 5.69 Å². The van der Waals surface area contributed by atoms with Crippen LogP contribution >= 0.6 is 0 Å². The van der Waals surface area contributed by atoms with E-state index in [1.807, 2.05) is 0 Å². The second-order valence-electron chi connectivity index (χ2n) is 4.01. The molecule has 0 heterocycles. The fourth-order valence-corrected chi connectivity index (χ4v) is 3.74. The van der Waals surface area contributed by atoms with Gasteiger partial charge in [0.05, 0.1) is 0 Å². The summed E-state index contributed by atoms with van der Waals surface area (Å²) in [5, 5.41) is 0. The molecular weight excluding hydrogens is 345 g/mol. The normalized spacial score (nSPS) is 12.1. The molecule has 0 aliphatic heterocycles. The fourth-order valence-electron chi connectivity index (χ4n) is 1.54. The molecule has 2 aromatic carbocycles. The van der Waals surface area contributed by atoms with Gasteiger partial charge in [-0.25, -0.2) is 0 Å². The van der Waals surface area contributed by atoms with Gasteiger partial charge in [-0.05, 0) is 0 Å². The molecule has 0 saturated carbocycles. The second-order valence-corrected chi connectivity index (χ2v) is 9.06. The summed E-state index contributed by atoms with van der Waals surface area (Å²) < 4.78 is 55.4. The number of rotatable bonds is 4. The van der Waals surface area contributed by atoms with E-state index in [4.69, 9.17) is 8.19 Å². The molecule has 0 radical (unpaired) electrons. The Kier molecular flexibility index (Phi) is 4.06. The van der Waals surface area contributed by atoms with E-state index in [2.05, 4.69) is 4.72 Å². The van der Waals surface area contributed by atoms with Gasteiger partial charge in [0, 0.05) is 0 Å². The van der Waals surface area contributed by atoms with E-state index in [-0.39, 0.29) is 14.9 Å². The average Bonchev–Trinajstić information content (AvgIpc) is 2.39. The summed E-state index contributed by atoms with van der Waals surface area (Å²) in [6, 6.07) is 12.9. The van der Waals surface area contributed by atoms with E-state index in [1.54, 1.807) is 18.2 Å². The summed E-state index contributed by atoms with van der Waals surface area (Å²) in [6.07, 6.45) is 0. The van der Waals surface area contributed by atoms with Crippen molar-refractivity contribution in [3.05, 3.63) is 54.6 Å². The van der Waals surface area contributed by atoms with E-state index in [0.717, 1.165) is 0 Å². The first-order valence-corrected chi connectivity index (χ1v) is 10.4. The average molecular weight is 357 g/mol. The summed E-state index contributed by atoms with van der Waals surface area (Å²) in [6.45, 7) is 0. The minimum atomic E-state index is -4.94. The van der Waals surface area contributed by atoms with E-state index >= 15 is 0 Å². The van der Waals surface area contributed by atoms with Gasteiger partial charge in [0.15, 0.2) is 0 Å². The Balaban J connectivity index is 2.25. The van der Waals surface area contributed by atoms with Gasteiger partial charge in [0.1, 0.15) is 0 Å². The third-order valence-electron chi connectivity index (χ3n) is 2.51. The van der Waals surface area contributed by atoms with Crippen LogP contribution in [0.2, 0.25) is 0 Å². The Morgan fingerprint density at radius 3 is 1.95 bits per heavy atom. The zero-order valence-electron chi connectivity index (χ0n) is 10.2. The van der Waals surface area contributed by atoms with Crippen molar-refractivity contribution in [2.45, 2.75) is 4.90 Å². The predicted octanol–water partition coefficient (Wildman–Crippen LogP) is 0.0484. The minimum absolute atomic E-state index is 0.106. The molecule has 3 N–H and O–H groups in total. The predicted molar refractivity (Wildman–Crippen MR) is 74.2 cm³/mol. The monoisotopic (exact) mass is 357 g/mol. The molecule has 0 aliphatic rings. The Morgan fingerprint density at radius 2 is 1.45 bits per heavy atom. The topological polar surface area (TPSA) is 104 Å². The molecule has 0 fully saturated rings. The van der Waals surface area contributed by atoms with Crippen LogP contribution in [-0.4, -0.2) is 30.8 Å². The molecule has 0 aromatic heterocycles. The van der Waals surface area contributed by atoms with Gasteiger partial charge >= 0.3 is 119 Å². The summed E-state index contributed by atoms with van der Waals surface area (Å²) in [7, 11) is -3.70. The van der Waals surface area contributed by atoms with Crippen molar-refractivity contribution in [3.63, 3.8) is 0 Å². The Bertz CT molecular complexity index is 737. The van der Waals surface area contributed by atoms with E-state index in [9.17, 15) is 12.2 Å². The van der Waals surface area contributed by atoms with Gasteiger partial charge in [-0.15, -0.1) is 0 Å². The molecule has 106 valence electrons. The molecule has 6 nitrogen and oxygen atoms in total. The number of hydrogen-bond acceptors (Lipinski definition) is 3. The zero-order valence-corrected chi connectivity index (χ0v) is 12.9. The van der Waals surface area contributed by atoms with Gasteiger partial charge in [0.2, 0.25) is 0 Å². The van der Waals surface area contributed by atoms with Crippen molar-refractivity contribution in [3.8, 4) is 0 Å². The quantitative estimate of drug-likeness (QED) is 0.671. The molecule has 0 amide bonds. The van der Waals surface area contributed by atoms with Crippen LogP contribution in [0, 0.1) is 0 Å². The van der Waals surface area contributed by atoms with Gasteiger partial charge < -0.3 is 0 Å². The molecule has 0 unspecified atom stereocenters. The molecule has 2 rings (SSSR count). The zero-order chi connectivity index (χ0) is 14.8. The maximum absolute atomic E-state index is 12.0. The number of benzene rings is 2. The van der Waals surface area contributed by atoms with E-state index in [1.165, 1.54) is 36.4 Å². The molecule has 0 bridgehead atoms. The van der Waals surface area contributed by atoms with Crippen LogP contribution < -0.4 is 9.07 Å². The van der Waals surface area contributed by atoms with Crippen LogP contribution in [0.5, 0.6) is 0 Å². The van der Waals surface area contributed by atoms with Crippen molar-refractivity contribution in [2.75, 3.05) is 4.72 Å². The summed E-state index contributed by atoms with van der Waals surface area (Å²) in [4.78, 5) is 0.114. The summed E-state index contributed by atoms with van der Waals surface area (Å²) in [5.74, 6) is 0. The molecule has 8 heteroatoms. The standard InChI is InChI=1S/C12H12AsNO5S/c15-13(16,17)10-6-8-11(9-7-10)14-20(18,19)12-4-2-1-3-5-12/h1-9,14H,(H2,15,16,17). The fraction of sp³-hybridized carbons (Fsp3) is 0. The number of nitrogens with one attached hydrogen (secondary N) is 1. The van der Waals surface area contributed by atoms with Crippen LogP contribution in [0.25, 0.3) is 0 Å². The first kappa shape index (κ1) is 14.9. The van der Waals surface area contributed by atoms with Gasteiger partial charge in [0.25, 0.3) is 0 Å². The number of sulfonamides is 1. The molecule has 0 atom stereocenters. The Hall–Kier alpha value is -1.53. The maximum atomic E-state index is 12.0. The van der Waals surface area contributed by atoms with Crippen LogP contribution in [0.1, 0.15) is 0 Å². The van der Waals surface area contributed by atoms with Gasteiger partial charge in [-0.1, -0.05) is 0 Å². The van der Waals surface area contributed by atoms with Gasteiger partial charge in [-0.3, -0.25) is 0 Å². The van der Waals surface area contributed by atoms with Crippen LogP contribution in [-0.2, 0) is 13.8 Å². The molecule has 0 saturated heterocycles. The number of anilines is 1. The first-order valence-electron chi connectivity index (χ1n) is 5.53. The Morgan fingerprint density at radius 1 is 0.900 bits per heavy atom. The first-order chi connectivity index (χ1) is 9.29. The van der Waals surface area contributed by atoms with Crippen molar-refractivity contribution < 1.29 is 20.3 Å². The SMILES string of the molecule is O=S(=O)(Nc1ccc([As](=O)(O)O)cc1)c1ccccc1. The second kappa shape index (κ2) is 5.46.